The van der Waals surface area contributed by atoms with Crippen LogP contribution in [0.2, 0.25) is 0 Å². The van der Waals surface area contributed by atoms with Crippen LogP contribution >= 0.6 is 0 Å². The van der Waals surface area contributed by atoms with Crippen LogP contribution in [0.5, 0.6) is 5.75 Å². The molecule has 22 heavy (non-hydrogen) atoms. The van der Waals surface area contributed by atoms with Crippen LogP contribution in [0.1, 0.15) is 15.9 Å². The molecule has 0 aliphatic carbocycles. The topological polar surface area (TPSA) is 56.5 Å². The fourth-order valence-corrected chi connectivity index (χ4v) is 2.28. The predicted octanol–water partition coefficient (Wildman–Crippen LogP) is 3.23. The van der Waals surface area contributed by atoms with Gasteiger partial charge in [-0.1, -0.05) is 36.4 Å². The molecule has 0 aliphatic rings. The lowest BCUT2D eigenvalue weighted by atomic mass is 10.1. The molecule has 2 aromatic carbocycles. The second-order valence-electron chi connectivity index (χ2n) is 4.85. The van der Waals surface area contributed by atoms with Gasteiger partial charge in [-0.25, -0.2) is 0 Å². The molecule has 4 heteroatoms. The summed E-state index contributed by atoms with van der Waals surface area (Å²) in [5.41, 5.74) is 1.19. The number of ether oxygens (including phenoxy) is 1. The first-order chi connectivity index (χ1) is 10.8. The average molecular weight is 294 g/mol. The van der Waals surface area contributed by atoms with E-state index in [4.69, 9.17) is 9.15 Å². The lowest BCUT2D eigenvalue weighted by Crippen LogP contribution is -2.10. The van der Waals surface area contributed by atoms with Crippen molar-refractivity contribution in [1.82, 2.24) is 0 Å². The zero-order valence-electron chi connectivity index (χ0n) is 11.8. The zero-order valence-corrected chi connectivity index (χ0v) is 11.8. The summed E-state index contributed by atoms with van der Waals surface area (Å²) in [5.74, 6) is 0.436. The fraction of sp³-hybridized carbons (Fsp3) is 0.111. The van der Waals surface area contributed by atoms with E-state index in [1.54, 1.807) is 18.2 Å². The Morgan fingerprint density at radius 3 is 2.64 bits per heavy atom. The Balaban J connectivity index is 1.87. The third kappa shape index (κ3) is 2.76. The molecule has 0 bridgehead atoms. The maximum Gasteiger partial charge on any atom is 0.206 e. The van der Waals surface area contributed by atoms with E-state index in [1.165, 1.54) is 6.26 Å². The Bertz CT molecular complexity index is 850. The minimum Gasteiger partial charge on any atom is -0.492 e. The Labute approximate surface area is 127 Å². The molecule has 110 valence electrons. The smallest absolute Gasteiger partial charge is 0.206 e. The minimum absolute atomic E-state index is 0.00777. The van der Waals surface area contributed by atoms with Gasteiger partial charge in [-0.3, -0.25) is 9.59 Å². The first-order valence-electron chi connectivity index (χ1n) is 6.96. The molecule has 0 amide bonds. The molecule has 3 aromatic rings. The van der Waals surface area contributed by atoms with Crippen molar-refractivity contribution < 1.29 is 13.9 Å². The van der Waals surface area contributed by atoms with Crippen molar-refractivity contribution in [3.8, 4) is 5.75 Å². The first-order valence-corrected chi connectivity index (χ1v) is 6.96. The lowest BCUT2D eigenvalue weighted by Gasteiger charge is -2.08. The SMILES string of the molecule is O=Cc1coc2cccc(OCCc3ccccc3)c2c1=O. The number of benzene rings is 2. The predicted molar refractivity (Wildman–Crippen MR) is 83.5 cm³/mol. The highest BCUT2D eigenvalue weighted by molar-refractivity contribution is 5.88. The third-order valence-electron chi connectivity index (χ3n) is 3.41. The van der Waals surface area contributed by atoms with E-state index in [-0.39, 0.29) is 11.0 Å². The molecule has 4 nitrogen and oxygen atoms in total. The van der Waals surface area contributed by atoms with Gasteiger partial charge in [-0.15, -0.1) is 0 Å². The summed E-state index contributed by atoms with van der Waals surface area (Å²) >= 11 is 0. The van der Waals surface area contributed by atoms with Crippen LogP contribution in [0.15, 0.2) is 64.0 Å². The van der Waals surface area contributed by atoms with Crippen molar-refractivity contribution in [2.24, 2.45) is 0 Å². The molecule has 1 aromatic heterocycles. The molecule has 0 saturated carbocycles. The monoisotopic (exact) mass is 294 g/mol. The first kappa shape index (κ1) is 14.1. The van der Waals surface area contributed by atoms with Crippen LogP contribution in [0.3, 0.4) is 0 Å². The number of carbonyl (C=O) groups is 1. The van der Waals surface area contributed by atoms with Gasteiger partial charge in [-0.2, -0.15) is 0 Å². The molecule has 0 N–H and O–H groups in total. The van der Waals surface area contributed by atoms with Crippen LogP contribution < -0.4 is 10.2 Å². The third-order valence-corrected chi connectivity index (χ3v) is 3.41. The van der Waals surface area contributed by atoms with Gasteiger partial charge < -0.3 is 9.15 Å². The van der Waals surface area contributed by atoms with Gasteiger partial charge in [0.2, 0.25) is 5.43 Å². The van der Waals surface area contributed by atoms with Crippen molar-refractivity contribution in [2.45, 2.75) is 6.42 Å². The Morgan fingerprint density at radius 2 is 1.86 bits per heavy atom. The molecule has 0 saturated heterocycles. The van der Waals surface area contributed by atoms with E-state index >= 15 is 0 Å². The maximum atomic E-state index is 12.2. The fourth-order valence-electron chi connectivity index (χ4n) is 2.28. The molecule has 3 rings (SSSR count). The van der Waals surface area contributed by atoms with Crippen LogP contribution in [-0.2, 0) is 6.42 Å². The molecule has 1 heterocycles. The maximum absolute atomic E-state index is 12.2. The van der Waals surface area contributed by atoms with E-state index in [0.717, 1.165) is 12.0 Å². The van der Waals surface area contributed by atoms with Crippen molar-refractivity contribution in [1.29, 1.82) is 0 Å². The minimum atomic E-state index is -0.369. The lowest BCUT2D eigenvalue weighted by molar-refractivity contribution is 0.112. The van der Waals surface area contributed by atoms with Crippen LogP contribution in [0, 0.1) is 0 Å². The summed E-state index contributed by atoms with van der Waals surface area (Å²) in [6, 6.07) is 15.1. The highest BCUT2D eigenvalue weighted by atomic mass is 16.5. The molecule has 0 aliphatic heterocycles. The number of fused-ring (bicyclic) bond motifs is 1. The highest BCUT2D eigenvalue weighted by Gasteiger charge is 2.11. The summed E-state index contributed by atoms with van der Waals surface area (Å²) < 4.78 is 11.0. The van der Waals surface area contributed by atoms with Crippen LogP contribution in [0.25, 0.3) is 11.0 Å². The highest BCUT2D eigenvalue weighted by Crippen LogP contribution is 2.23. The average Bonchev–Trinajstić information content (AvgIpc) is 2.56. The number of hydrogen-bond acceptors (Lipinski definition) is 4. The van der Waals surface area contributed by atoms with E-state index in [9.17, 15) is 9.59 Å². The normalized spacial score (nSPS) is 10.5. The van der Waals surface area contributed by atoms with Crippen LogP contribution in [0.4, 0.5) is 0 Å². The molecule has 0 radical (unpaired) electrons. The van der Waals surface area contributed by atoms with Gasteiger partial charge in [0, 0.05) is 6.42 Å². The van der Waals surface area contributed by atoms with Gasteiger partial charge in [0.1, 0.15) is 23.0 Å². The number of rotatable bonds is 5. The van der Waals surface area contributed by atoms with Gasteiger partial charge in [-0.05, 0) is 17.7 Å². The Kier molecular flexibility index (Phi) is 4.01. The summed E-state index contributed by atoms with van der Waals surface area (Å²) in [6.07, 6.45) is 2.40. The summed E-state index contributed by atoms with van der Waals surface area (Å²) in [7, 11) is 0. The van der Waals surface area contributed by atoms with Gasteiger partial charge in [0.15, 0.2) is 6.29 Å². The second kappa shape index (κ2) is 6.26. The zero-order chi connectivity index (χ0) is 15.4. The molecular formula is C18H14O4. The molecule has 0 fully saturated rings. The van der Waals surface area contributed by atoms with E-state index in [1.807, 2.05) is 30.3 Å². The van der Waals surface area contributed by atoms with Gasteiger partial charge in [0.25, 0.3) is 0 Å². The van der Waals surface area contributed by atoms with E-state index < -0.39 is 0 Å². The number of carbonyl (C=O) groups excluding carboxylic acids is 1. The molecule has 0 atom stereocenters. The van der Waals surface area contributed by atoms with E-state index in [0.29, 0.717) is 29.6 Å². The number of aldehydes is 1. The Morgan fingerprint density at radius 1 is 1.05 bits per heavy atom. The van der Waals surface area contributed by atoms with Crippen molar-refractivity contribution in [3.63, 3.8) is 0 Å². The van der Waals surface area contributed by atoms with E-state index in [2.05, 4.69) is 0 Å². The van der Waals surface area contributed by atoms with Crippen molar-refractivity contribution in [3.05, 3.63) is 76.1 Å². The van der Waals surface area contributed by atoms with Crippen molar-refractivity contribution in [2.75, 3.05) is 6.61 Å². The molecular weight excluding hydrogens is 280 g/mol. The van der Waals surface area contributed by atoms with Crippen molar-refractivity contribution >= 4 is 17.3 Å². The quantitative estimate of drug-likeness (QED) is 0.678. The Hall–Kier alpha value is -2.88. The van der Waals surface area contributed by atoms with Gasteiger partial charge in [0.05, 0.1) is 12.2 Å². The standard InChI is InChI=1S/C18H14O4/c19-11-14-12-22-16-8-4-7-15(17(16)18(14)20)21-10-9-13-5-2-1-3-6-13/h1-8,11-12H,9-10H2. The largest absolute Gasteiger partial charge is 0.492 e. The summed E-state index contributed by atoms with van der Waals surface area (Å²) in [4.78, 5) is 23.1. The van der Waals surface area contributed by atoms with Gasteiger partial charge >= 0.3 is 0 Å². The van der Waals surface area contributed by atoms with Crippen LogP contribution in [-0.4, -0.2) is 12.9 Å². The molecule has 0 spiro atoms. The summed E-state index contributed by atoms with van der Waals surface area (Å²) in [6.45, 7) is 0.438. The number of hydrogen-bond donors (Lipinski definition) is 0. The summed E-state index contributed by atoms with van der Waals surface area (Å²) in [5, 5.41) is 0.306. The molecule has 0 unspecified atom stereocenters. The second-order valence-corrected chi connectivity index (χ2v) is 4.85.